The van der Waals surface area contributed by atoms with Gasteiger partial charge in [-0.15, -0.1) is 0 Å². The van der Waals surface area contributed by atoms with Crippen molar-refractivity contribution in [3.05, 3.63) is 0 Å². The number of aliphatic imine (C=N–C) groups is 1. The van der Waals surface area contributed by atoms with E-state index < -0.39 is 9.84 Å². The fourth-order valence-electron chi connectivity index (χ4n) is 2.02. The lowest BCUT2D eigenvalue weighted by Gasteiger charge is -2.20. The second-order valence-electron chi connectivity index (χ2n) is 6.18. The molecule has 0 saturated carbocycles. The number of sulfone groups is 1. The molecule has 1 atom stereocenters. The number of hydrogen-bond donors (Lipinski definition) is 3. The summed E-state index contributed by atoms with van der Waals surface area (Å²) < 4.78 is 22.9. The molecule has 0 spiro atoms. The first-order chi connectivity index (χ1) is 9.22. The minimum absolute atomic E-state index is 0.0200. The molecule has 1 aliphatic heterocycles. The van der Waals surface area contributed by atoms with Gasteiger partial charge in [0.1, 0.15) is 0 Å². The van der Waals surface area contributed by atoms with E-state index in [1.165, 1.54) is 0 Å². The van der Waals surface area contributed by atoms with Crippen LogP contribution in [0.15, 0.2) is 4.99 Å². The highest BCUT2D eigenvalue weighted by Gasteiger charge is 2.28. The Balaban J connectivity index is 2.43. The van der Waals surface area contributed by atoms with Crippen LogP contribution in [0.5, 0.6) is 0 Å². The summed E-state index contributed by atoms with van der Waals surface area (Å²) in [5.41, 5.74) is 0.0842. The minimum Gasteiger partial charge on any atom is -0.357 e. The quantitative estimate of drug-likeness (QED) is 0.382. The average Bonchev–Trinajstić information content (AvgIpc) is 2.63. The van der Waals surface area contributed by atoms with Gasteiger partial charge >= 0.3 is 0 Å². The van der Waals surface area contributed by atoms with Crippen LogP contribution in [-0.2, 0) is 9.84 Å². The molecule has 1 rings (SSSR count). The van der Waals surface area contributed by atoms with E-state index in [2.05, 4.69) is 41.7 Å². The Hall–Kier alpha value is -0.820. The van der Waals surface area contributed by atoms with Gasteiger partial charge in [0.05, 0.1) is 18.1 Å². The molecule has 0 aliphatic carbocycles. The normalized spacial score (nSPS) is 22.8. The van der Waals surface area contributed by atoms with Crippen molar-refractivity contribution >= 4 is 15.8 Å². The summed E-state index contributed by atoms with van der Waals surface area (Å²) in [5, 5.41) is 9.72. The van der Waals surface area contributed by atoms with Crippen LogP contribution in [-0.4, -0.2) is 57.1 Å². The Morgan fingerprint density at radius 1 is 1.35 bits per heavy atom. The van der Waals surface area contributed by atoms with Crippen LogP contribution in [0.25, 0.3) is 0 Å². The van der Waals surface area contributed by atoms with Crippen LogP contribution in [0.3, 0.4) is 0 Å². The molecule has 6 nitrogen and oxygen atoms in total. The Morgan fingerprint density at radius 2 is 2.05 bits per heavy atom. The van der Waals surface area contributed by atoms with Crippen LogP contribution >= 0.6 is 0 Å². The maximum absolute atomic E-state index is 11.4. The molecule has 3 N–H and O–H groups in total. The van der Waals surface area contributed by atoms with E-state index in [4.69, 9.17) is 0 Å². The van der Waals surface area contributed by atoms with E-state index in [-0.39, 0.29) is 23.1 Å². The van der Waals surface area contributed by atoms with Gasteiger partial charge in [0.15, 0.2) is 15.8 Å². The molecule has 0 radical (unpaired) electrons. The van der Waals surface area contributed by atoms with Crippen molar-refractivity contribution in [1.82, 2.24) is 16.0 Å². The number of rotatable bonds is 5. The molecule has 0 aromatic carbocycles. The molecule has 118 valence electrons. The third-order valence-electron chi connectivity index (χ3n) is 2.95. The summed E-state index contributed by atoms with van der Waals surface area (Å²) in [7, 11) is -2.86. The zero-order valence-corrected chi connectivity index (χ0v) is 13.8. The summed E-state index contributed by atoms with van der Waals surface area (Å²) in [4.78, 5) is 4.46. The van der Waals surface area contributed by atoms with Crippen LogP contribution < -0.4 is 16.0 Å². The Labute approximate surface area is 122 Å². The molecule has 7 heteroatoms. The molecule has 0 aromatic rings. The van der Waals surface area contributed by atoms with Gasteiger partial charge in [-0.2, -0.15) is 0 Å². The second-order valence-corrected chi connectivity index (χ2v) is 8.41. The fraction of sp³-hybridized carbons (Fsp3) is 0.923. The van der Waals surface area contributed by atoms with Crippen molar-refractivity contribution in [3.63, 3.8) is 0 Å². The molecule has 0 aromatic heterocycles. The zero-order chi connectivity index (χ0) is 15.2. The first-order valence-corrected chi connectivity index (χ1v) is 9.04. The largest absolute Gasteiger partial charge is 0.357 e. The van der Waals surface area contributed by atoms with E-state index in [9.17, 15) is 8.42 Å². The molecule has 1 fully saturated rings. The van der Waals surface area contributed by atoms with Crippen molar-refractivity contribution in [2.45, 2.75) is 45.7 Å². The molecule has 0 amide bonds. The molecular formula is C13H28N4O2S. The highest BCUT2D eigenvalue weighted by atomic mass is 32.2. The SMILES string of the molecule is CCNC(=NCCNC(C)(C)C)NC1CCS(=O)(=O)C1. The topological polar surface area (TPSA) is 82.6 Å². The average molecular weight is 304 g/mol. The predicted octanol–water partition coefficient (Wildman–Crippen LogP) is 0.117. The maximum Gasteiger partial charge on any atom is 0.191 e. The summed E-state index contributed by atoms with van der Waals surface area (Å²) in [6.45, 7) is 10.6. The van der Waals surface area contributed by atoms with Gasteiger partial charge in [0.2, 0.25) is 0 Å². The van der Waals surface area contributed by atoms with Gasteiger partial charge in [-0.05, 0) is 34.1 Å². The first-order valence-electron chi connectivity index (χ1n) is 7.22. The molecule has 0 bridgehead atoms. The summed E-state index contributed by atoms with van der Waals surface area (Å²) in [6.07, 6.45) is 0.660. The highest BCUT2D eigenvalue weighted by Crippen LogP contribution is 2.10. The van der Waals surface area contributed by atoms with E-state index in [1.807, 2.05) is 6.92 Å². The molecule has 1 heterocycles. The maximum atomic E-state index is 11.4. The van der Waals surface area contributed by atoms with Crippen molar-refractivity contribution in [3.8, 4) is 0 Å². The van der Waals surface area contributed by atoms with Gasteiger partial charge in [0, 0.05) is 24.7 Å². The molecule has 1 saturated heterocycles. The lowest BCUT2D eigenvalue weighted by molar-refractivity contribution is 0.432. The first kappa shape index (κ1) is 17.2. The lowest BCUT2D eigenvalue weighted by atomic mass is 10.1. The van der Waals surface area contributed by atoms with Crippen molar-refractivity contribution < 1.29 is 8.42 Å². The Morgan fingerprint density at radius 3 is 2.55 bits per heavy atom. The third-order valence-corrected chi connectivity index (χ3v) is 4.72. The fourth-order valence-corrected chi connectivity index (χ4v) is 3.69. The zero-order valence-electron chi connectivity index (χ0n) is 13.0. The van der Waals surface area contributed by atoms with Crippen LogP contribution in [0, 0.1) is 0 Å². The Bertz CT molecular complexity index is 426. The molecule has 1 unspecified atom stereocenters. The number of nitrogens with one attached hydrogen (secondary N) is 3. The van der Waals surface area contributed by atoms with Crippen molar-refractivity contribution in [2.75, 3.05) is 31.1 Å². The van der Waals surface area contributed by atoms with E-state index >= 15 is 0 Å². The lowest BCUT2D eigenvalue weighted by Crippen LogP contribution is -2.44. The second kappa shape index (κ2) is 7.26. The molecule has 20 heavy (non-hydrogen) atoms. The van der Waals surface area contributed by atoms with Gasteiger partial charge in [0.25, 0.3) is 0 Å². The molecular weight excluding hydrogens is 276 g/mol. The smallest absolute Gasteiger partial charge is 0.191 e. The summed E-state index contributed by atoms with van der Waals surface area (Å²) in [6, 6.07) is -0.0200. The monoisotopic (exact) mass is 304 g/mol. The van der Waals surface area contributed by atoms with E-state index in [1.54, 1.807) is 0 Å². The van der Waals surface area contributed by atoms with Gasteiger partial charge in [-0.1, -0.05) is 0 Å². The third kappa shape index (κ3) is 7.09. The predicted molar refractivity (Wildman–Crippen MR) is 83.9 cm³/mol. The van der Waals surface area contributed by atoms with Crippen molar-refractivity contribution in [1.29, 1.82) is 0 Å². The Kier molecular flexibility index (Phi) is 6.26. The summed E-state index contributed by atoms with van der Waals surface area (Å²) in [5.74, 6) is 1.18. The number of nitrogens with zero attached hydrogens (tertiary/aromatic N) is 1. The highest BCUT2D eigenvalue weighted by molar-refractivity contribution is 7.91. The van der Waals surface area contributed by atoms with Crippen LogP contribution in [0.1, 0.15) is 34.1 Å². The van der Waals surface area contributed by atoms with E-state index in [0.717, 1.165) is 13.1 Å². The van der Waals surface area contributed by atoms with Gasteiger partial charge in [-0.3, -0.25) is 4.99 Å². The number of guanidine groups is 1. The van der Waals surface area contributed by atoms with E-state index in [0.29, 0.717) is 18.9 Å². The summed E-state index contributed by atoms with van der Waals surface area (Å²) >= 11 is 0. The standard InChI is InChI=1S/C13H28N4O2S/c1-5-14-12(15-7-8-16-13(2,3)4)17-11-6-9-20(18,19)10-11/h11,16H,5-10H2,1-4H3,(H2,14,15,17). The van der Waals surface area contributed by atoms with Crippen LogP contribution in [0.2, 0.25) is 0 Å². The van der Waals surface area contributed by atoms with Gasteiger partial charge < -0.3 is 16.0 Å². The molecule has 1 aliphatic rings. The minimum atomic E-state index is -2.86. The van der Waals surface area contributed by atoms with Crippen molar-refractivity contribution in [2.24, 2.45) is 4.99 Å². The number of hydrogen-bond acceptors (Lipinski definition) is 4. The van der Waals surface area contributed by atoms with Crippen LogP contribution in [0.4, 0.5) is 0 Å². The van der Waals surface area contributed by atoms with Gasteiger partial charge in [-0.25, -0.2) is 8.42 Å².